The molecular formula is C13H18ClN3O. The van der Waals surface area contributed by atoms with E-state index in [0.717, 1.165) is 19.3 Å². The van der Waals surface area contributed by atoms with Gasteiger partial charge in [-0.25, -0.2) is 4.98 Å². The Morgan fingerprint density at radius 2 is 2.33 bits per heavy atom. The summed E-state index contributed by atoms with van der Waals surface area (Å²) in [5.74, 6) is 0.129. The molecule has 2 rings (SSSR count). The molecule has 0 aromatic carbocycles. The van der Waals surface area contributed by atoms with Gasteiger partial charge in [0.25, 0.3) is 5.91 Å². The summed E-state index contributed by atoms with van der Waals surface area (Å²) in [6, 6.07) is 1.70. The van der Waals surface area contributed by atoms with Crippen molar-refractivity contribution >= 4 is 23.3 Å². The highest BCUT2D eigenvalue weighted by molar-refractivity contribution is 6.33. The lowest BCUT2D eigenvalue weighted by Gasteiger charge is -2.27. The fourth-order valence-corrected chi connectivity index (χ4v) is 2.65. The lowest BCUT2D eigenvalue weighted by Crippen LogP contribution is -2.41. The average molecular weight is 268 g/mol. The van der Waals surface area contributed by atoms with Crippen LogP contribution in [0.15, 0.2) is 12.3 Å². The van der Waals surface area contributed by atoms with Crippen LogP contribution in [0, 0.1) is 5.41 Å². The van der Waals surface area contributed by atoms with Crippen LogP contribution in [0.1, 0.15) is 43.5 Å². The van der Waals surface area contributed by atoms with Gasteiger partial charge in [-0.15, -0.1) is 0 Å². The first-order valence-electron chi connectivity index (χ1n) is 6.12. The molecule has 4 nitrogen and oxygen atoms in total. The van der Waals surface area contributed by atoms with Crippen LogP contribution in [0.3, 0.4) is 0 Å². The summed E-state index contributed by atoms with van der Waals surface area (Å²) in [4.78, 5) is 16.0. The zero-order valence-corrected chi connectivity index (χ0v) is 11.4. The number of carbonyl (C=O) groups excluding carboxylic acids is 1. The minimum atomic E-state index is -0.172. The molecule has 5 heteroatoms. The third-order valence-electron chi connectivity index (χ3n) is 3.68. The fraction of sp³-hybridized carbons (Fsp3) is 0.538. The van der Waals surface area contributed by atoms with Crippen molar-refractivity contribution in [1.29, 1.82) is 0 Å². The van der Waals surface area contributed by atoms with Gasteiger partial charge in [0.05, 0.1) is 10.6 Å². The number of amides is 1. The molecular weight excluding hydrogens is 250 g/mol. The van der Waals surface area contributed by atoms with Crippen molar-refractivity contribution in [2.75, 3.05) is 5.73 Å². The number of halogens is 1. The van der Waals surface area contributed by atoms with Crippen molar-refractivity contribution in [3.63, 3.8) is 0 Å². The highest BCUT2D eigenvalue weighted by Gasteiger charge is 2.35. The summed E-state index contributed by atoms with van der Waals surface area (Å²) in [5.41, 5.74) is 6.11. The second-order valence-corrected chi connectivity index (χ2v) is 5.90. The van der Waals surface area contributed by atoms with Crippen LogP contribution in [0.25, 0.3) is 0 Å². The van der Waals surface area contributed by atoms with Crippen LogP contribution < -0.4 is 11.1 Å². The molecule has 1 unspecified atom stereocenters. The van der Waals surface area contributed by atoms with Gasteiger partial charge in [0.2, 0.25) is 0 Å². The van der Waals surface area contributed by atoms with Gasteiger partial charge in [-0.3, -0.25) is 4.79 Å². The van der Waals surface area contributed by atoms with Crippen molar-refractivity contribution in [2.24, 2.45) is 5.41 Å². The summed E-state index contributed by atoms with van der Waals surface area (Å²) < 4.78 is 0. The van der Waals surface area contributed by atoms with Crippen LogP contribution in [0.4, 0.5) is 5.82 Å². The minimum absolute atomic E-state index is 0.140. The molecule has 18 heavy (non-hydrogen) atoms. The Labute approximate surface area is 112 Å². The number of rotatable bonds is 2. The van der Waals surface area contributed by atoms with Gasteiger partial charge in [-0.05, 0) is 24.3 Å². The third kappa shape index (κ3) is 2.58. The lowest BCUT2D eigenvalue weighted by atomic mass is 9.87. The molecule has 3 N–H and O–H groups in total. The van der Waals surface area contributed by atoms with Gasteiger partial charge in [-0.1, -0.05) is 31.9 Å². The van der Waals surface area contributed by atoms with E-state index < -0.39 is 0 Å². The Bertz CT molecular complexity index is 473. The Balaban J connectivity index is 2.15. The molecule has 1 aliphatic carbocycles. The van der Waals surface area contributed by atoms with Gasteiger partial charge in [0, 0.05) is 12.2 Å². The van der Waals surface area contributed by atoms with E-state index >= 15 is 0 Å². The van der Waals surface area contributed by atoms with Crippen LogP contribution in [0.2, 0.25) is 5.02 Å². The Morgan fingerprint density at radius 3 is 2.94 bits per heavy atom. The number of pyridine rings is 1. The first-order chi connectivity index (χ1) is 8.40. The van der Waals surface area contributed by atoms with E-state index in [2.05, 4.69) is 24.1 Å². The second kappa shape index (κ2) is 4.76. The van der Waals surface area contributed by atoms with E-state index in [9.17, 15) is 4.79 Å². The number of nitrogens with one attached hydrogen (secondary N) is 1. The monoisotopic (exact) mass is 267 g/mol. The summed E-state index contributed by atoms with van der Waals surface area (Å²) in [5, 5.41) is 3.38. The quantitative estimate of drug-likeness (QED) is 0.866. The summed E-state index contributed by atoms with van der Waals surface area (Å²) in [6.45, 7) is 4.35. The lowest BCUT2D eigenvalue weighted by molar-refractivity contribution is 0.0910. The molecule has 98 valence electrons. The second-order valence-electron chi connectivity index (χ2n) is 5.50. The molecule has 1 aromatic heterocycles. The van der Waals surface area contributed by atoms with Crippen molar-refractivity contribution in [1.82, 2.24) is 10.3 Å². The molecule has 0 saturated heterocycles. The zero-order valence-electron chi connectivity index (χ0n) is 10.7. The largest absolute Gasteiger partial charge is 0.384 e. The van der Waals surface area contributed by atoms with E-state index in [1.807, 2.05) is 0 Å². The molecule has 0 radical (unpaired) electrons. The third-order valence-corrected chi connectivity index (χ3v) is 3.98. The van der Waals surface area contributed by atoms with E-state index in [0.29, 0.717) is 16.4 Å². The fourth-order valence-electron chi connectivity index (χ4n) is 2.46. The smallest absolute Gasteiger partial charge is 0.253 e. The van der Waals surface area contributed by atoms with E-state index in [4.69, 9.17) is 17.3 Å². The Hall–Kier alpha value is -1.29. The van der Waals surface area contributed by atoms with Gasteiger partial charge < -0.3 is 11.1 Å². The topological polar surface area (TPSA) is 68.0 Å². The van der Waals surface area contributed by atoms with Crippen molar-refractivity contribution in [3.05, 3.63) is 22.8 Å². The molecule has 1 fully saturated rings. The predicted octanol–water partition coefficient (Wildman–Crippen LogP) is 2.63. The maximum Gasteiger partial charge on any atom is 0.253 e. The number of hydrogen-bond acceptors (Lipinski definition) is 3. The highest BCUT2D eigenvalue weighted by Crippen LogP contribution is 2.37. The van der Waals surface area contributed by atoms with Crippen LogP contribution in [0.5, 0.6) is 0 Å². The SMILES string of the molecule is CC1(C)CCCC1NC(=O)c1cc(N)ncc1Cl. The molecule has 1 saturated carbocycles. The molecule has 1 amide bonds. The molecule has 0 bridgehead atoms. The van der Waals surface area contributed by atoms with Gasteiger partial charge >= 0.3 is 0 Å². The van der Waals surface area contributed by atoms with Gasteiger partial charge in [0.1, 0.15) is 5.82 Å². The van der Waals surface area contributed by atoms with E-state index in [1.54, 1.807) is 0 Å². The standard InChI is InChI=1S/C13H18ClN3O/c1-13(2)5-3-4-10(13)17-12(18)8-6-11(15)16-7-9(8)14/h6-7,10H,3-5H2,1-2H3,(H2,15,16)(H,17,18). The van der Waals surface area contributed by atoms with Crippen molar-refractivity contribution in [3.8, 4) is 0 Å². The number of hydrogen-bond donors (Lipinski definition) is 2. The van der Waals surface area contributed by atoms with Gasteiger partial charge in [0.15, 0.2) is 0 Å². The van der Waals surface area contributed by atoms with Crippen LogP contribution >= 0.6 is 11.6 Å². The number of nitrogens with two attached hydrogens (primary N) is 1. The molecule has 0 aliphatic heterocycles. The van der Waals surface area contributed by atoms with Crippen molar-refractivity contribution < 1.29 is 4.79 Å². The first-order valence-corrected chi connectivity index (χ1v) is 6.50. The first kappa shape index (κ1) is 13.1. The summed E-state index contributed by atoms with van der Waals surface area (Å²) in [6.07, 6.45) is 4.69. The van der Waals surface area contributed by atoms with E-state index in [-0.39, 0.29) is 17.4 Å². The van der Waals surface area contributed by atoms with Crippen LogP contribution in [-0.4, -0.2) is 16.9 Å². The summed E-state index contributed by atoms with van der Waals surface area (Å²) in [7, 11) is 0. The van der Waals surface area contributed by atoms with Gasteiger partial charge in [-0.2, -0.15) is 0 Å². The molecule has 1 atom stereocenters. The minimum Gasteiger partial charge on any atom is -0.384 e. The highest BCUT2D eigenvalue weighted by atomic mass is 35.5. The summed E-state index contributed by atoms with van der Waals surface area (Å²) >= 11 is 5.97. The number of anilines is 1. The maximum atomic E-state index is 12.2. The number of nitrogen functional groups attached to an aromatic ring is 1. The number of carbonyl (C=O) groups is 1. The molecule has 1 heterocycles. The van der Waals surface area contributed by atoms with Crippen LogP contribution in [-0.2, 0) is 0 Å². The molecule has 0 spiro atoms. The Morgan fingerprint density at radius 1 is 1.61 bits per heavy atom. The number of nitrogens with zero attached hydrogens (tertiary/aromatic N) is 1. The number of aromatic nitrogens is 1. The molecule has 1 aromatic rings. The zero-order chi connectivity index (χ0) is 13.3. The van der Waals surface area contributed by atoms with E-state index in [1.165, 1.54) is 12.3 Å². The average Bonchev–Trinajstić information content (AvgIpc) is 2.62. The normalized spacial score (nSPS) is 21.8. The molecule has 1 aliphatic rings. The van der Waals surface area contributed by atoms with Crippen molar-refractivity contribution in [2.45, 2.75) is 39.2 Å². The Kier molecular flexibility index (Phi) is 3.48. The maximum absolute atomic E-state index is 12.2. The predicted molar refractivity (Wildman–Crippen MR) is 72.5 cm³/mol.